The van der Waals surface area contributed by atoms with Gasteiger partial charge in [0.25, 0.3) is 5.91 Å². The molecule has 1 heterocycles. The third-order valence-electron chi connectivity index (χ3n) is 5.42. The lowest BCUT2D eigenvalue weighted by molar-refractivity contribution is -0.118. The van der Waals surface area contributed by atoms with Crippen molar-refractivity contribution < 1.29 is 14.3 Å². The number of hydrogen-bond acceptors (Lipinski definition) is 5. The molecule has 7 heteroatoms. The number of carbonyl (C=O) groups is 2. The summed E-state index contributed by atoms with van der Waals surface area (Å²) in [6, 6.07) is 14.3. The number of anilines is 2. The molecule has 0 saturated carbocycles. The number of methoxy groups -OCH3 is 1. The standard InChI is InChI=1S/C24H31N3O3S/c1-30-22-12-5-4-11-20(22)23(28)26-21(13-16-31-2)24(29)25-18-9-8-10-19(17-18)27-14-6-3-7-15-27/h4-5,8-12,17,21H,3,6-7,13-16H2,1-2H3,(H,25,29)(H,26,28). The van der Waals surface area contributed by atoms with Gasteiger partial charge in [0.1, 0.15) is 11.8 Å². The number of nitrogens with zero attached hydrogens (tertiary/aromatic N) is 1. The summed E-state index contributed by atoms with van der Waals surface area (Å²) in [4.78, 5) is 28.2. The Kier molecular flexibility index (Phi) is 8.64. The van der Waals surface area contributed by atoms with Crippen molar-refractivity contribution in [3.05, 3.63) is 54.1 Å². The molecule has 1 aliphatic rings. The Balaban J connectivity index is 1.70. The van der Waals surface area contributed by atoms with Gasteiger partial charge in [-0.05, 0) is 68.0 Å². The molecule has 2 N–H and O–H groups in total. The number of benzene rings is 2. The van der Waals surface area contributed by atoms with Crippen LogP contribution in [0.3, 0.4) is 0 Å². The zero-order valence-corrected chi connectivity index (χ0v) is 19.0. The van der Waals surface area contributed by atoms with Crippen LogP contribution >= 0.6 is 11.8 Å². The minimum Gasteiger partial charge on any atom is -0.496 e. The van der Waals surface area contributed by atoms with Crippen LogP contribution in [-0.2, 0) is 4.79 Å². The Bertz CT molecular complexity index is 884. The monoisotopic (exact) mass is 441 g/mol. The number of nitrogens with one attached hydrogen (secondary N) is 2. The van der Waals surface area contributed by atoms with Crippen LogP contribution in [0, 0.1) is 0 Å². The highest BCUT2D eigenvalue weighted by Gasteiger charge is 2.23. The van der Waals surface area contributed by atoms with Gasteiger partial charge in [-0.15, -0.1) is 0 Å². The summed E-state index contributed by atoms with van der Waals surface area (Å²) in [6.07, 6.45) is 6.19. The molecule has 0 aliphatic carbocycles. The van der Waals surface area contributed by atoms with Gasteiger partial charge in [0.15, 0.2) is 0 Å². The van der Waals surface area contributed by atoms with E-state index >= 15 is 0 Å². The molecule has 2 aromatic carbocycles. The normalized spacial score (nSPS) is 14.6. The Morgan fingerprint density at radius 1 is 1.10 bits per heavy atom. The second kappa shape index (κ2) is 11.6. The summed E-state index contributed by atoms with van der Waals surface area (Å²) in [5.41, 5.74) is 2.28. The third-order valence-corrected chi connectivity index (χ3v) is 6.06. The smallest absolute Gasteiger partial charge is 0.255 e. The minimum atomic E-state index is -0.636. The molecule has 6 nitrogen and oxygen atoms in total. The largest absolute Gasteiger partial charge is 0.496 e. The fraction of sp³-hybridized carbons (Fsp3) is 0.417. The molecule has 2 amide bonds. The zero-order chi connectivity index (χ0) is 22.1. The Morgan fingerprint density at radius 3 is 2.61 bits per heavy atom. The van der Waals surface area contributed by atoms with Gasteiger partial charge >= 0.3 is 0 Å². The van der Waals surface area contributed by atoms with E-state index in [1.165, 1.54) is 26.4 Å². The molecule has 0 aromatic heterocycles. The average molecular weight is 442 g/mol. The first-order valence-electron chi connectivity index (χ1n) is 10.7. The zero-order valence-electron chi connectivity index (χ0n) is 18.2. The maximum Gasteiger partial charge on any atom is 0.255 e. The number of rotatable bonds is 9. The summed E-state index contributed by atoms with van der Waals surface area (Å²) < 4.78 is 5.29. The van der Waals surface area contributed by atoms with Crippen LogP contribution in [0.2, 0.25) is 0 Å². The maximum absolute atomic E-state index is 13.0. The lowest BCUT2D eigenvalue weighted by Gasteiger charge is -2.29. The highest BCUT2D eigenvalue weighted by molar-refractivity contribution is 7.98. The number of amides is 2. The molecule has 1 saturated heterocycles. The van der Waals surface area contributed by atoms with E-state index in [1.807, 2.05) is 30.5 Å². The van der Waals surface area contributed by atoms with E-state index < -0.39 is 6.04 Å². The number of ether oxygens (including phenoxy) is 1. The molecule has 1 aliphatic heterocycles. The number of carbonyl (C=O) groups excluding carboxylic acids is 2. The van der Waals surface area contributed by atoms with Crippen molar-refractivity contribution in [3.8, 4) is 5.75 Å². The summed E-state index contributed by atoms with van der Waals surface area (Å²) >= 11 is 1.64. The van der Waals surface area contributed by atoms with E-state index in [1.54, 1.807) is 30.0 Å². The second-order valence-electron chi connectivity index (χ2n) is 7.60. The van der Waals surface area contributed by atoms with Gasteiger partial charge in [-0.1, -0.05) is 18.2 Å². The Morgan fingerprint density at radius 2 is 1.87 bits per heavy atom. The van der Waals surface area contributed by atoms with E-state index in [0.29, 0.717) is 17.7 Å². The van der Waals surface area contributed by atoms with Crippen molar-refractivity contribution in [2.45, 2.75) is 31.7 Å². The summed E-state index contributed by atoms with van der Waals surface area (Å²) in [7, 11) is 1.53. The SMILES string of the molecule is COc1ccccc1C(=O)NC(CCSC)C(=O)Nc1cccc(N2CCCCC2)c1. The van der Waals surface area contributed by atoms with Gasteiger partial charge in [0, 0.05) is 24.5 Å². The van der Waals surface area contributed by atoms with Crippen LogP contribution < -0.4 is 20.3 Å². The summed E-state index contributed by atoms with van der Waals surface area (Å²) in [6.45, 7) is 2.09. The molecule has 1 atom stereocenters. The molecule has 2 aromatic rings. The van der Waals surface area contributed by atoms with Crippen LogP contribution in [0.1, 0.15) is 36.0 Å². The number of para-hydroxylation sites is 1. The number of piperidine rings is 1. The highest BCUT2D eigenvalue weighted by Crippen LogP contribution is 2.23. The van der Waals surface area contributed by atoms with Gasteiger partial charge in [0.2, 0.25) is 5.91 Å². The van der Waals surface area contributed by atoms with Crippen LogP contribution in [0.4, 0.5) is 11.4 Å². The lowest BCUT2D eigenvalue weighted by atomic mass is 10.1. The maximum atomic E-state index is 13.0. The Labute approximate surface area is 188 Å². The van der Waals surface area contributed by atoms with Crippen molar-refractivity contribution in [3.63, 3.8) is 0 Å². The van der Waals surface area contributed by atoms with Gasteiger partial charge in [0.05, 0.1) is 12.7 Å². The van der Waals surface area contributed by atoms with E-state index in [0.717, 1.165) is 30.2 Å². The van der Waals surface area contributed by atoms with Crippen molar-refractivity contribution in [1.29, 1.82) is 0 Å². The topological polar surface area (TPSA) is 70.7 Å². The van der Waals surface area contributed by atoms with E-state index in [4.69, 9.17) is 4.74 Å². The molecular weight excluding hydrogens is 410 g/mol. The van der Waals surface area contributed by atoms with Gasteiger partial charge in [-0.2, -0.15) is 11.8 Å². The first kappa shape index (κ1) is 23.0. The van der Waals surface area contributed by atoms with Crippen molar-refractivity contribution >= 4 is 35.0 Å². The van der Waals surface area contributed by atoms with Gasteiger partial charge < -0.3 is 20.3 Å². The predicted molar refractivity (Wildman–Crippen MR) is 128 cm³/mol. The van der Waals surface area contributed by atoms with Crippen molar-refractivity contribution in [2.24, 2.45) is 0 Å². The van der Waals surface area contributed by atoms with E-state index in [9.17, 15) is 9.59 Å². The third kappa shape index (κ3) is 6.40. The average Bonchev–Trinajstić information content (AvgIpc) is 2.82. The first-order chi connectivity index (χ1) is 15.1. The fourth-order valence-electron chi connectivity index (χ4n) is 3.73. The lowest BCUT2D eigenvalue weighted by Crippen LogP contribution is -2.44. The molecule has 3 rings (SSSR count). The second-order valence-corrected chi connectivity index (χ2v) is 8.58. The molecule has 0 radical (unpaired) electrons. The summed E-state index contributed by atoms with van der Waals surface area (Å²) in [5.74, 6) is 0.713. The predicted octanol–water partition coefficient (Wildman–Crippen LogP) is 4.18. The summed E-state index contributed by atoms with van der Waals surface area (Å²) in [5, 5.41) is 5.88. The molecular formula is C24H31N3O3S. The minimum absolute atomic E-state index is 0.215. The Hall–Kier alpha value is -2.67. The van der Waals surface area contributed by atoms with Gasteiger partial charge in [-0.25, -0.2) is 0 Å². The van der Waals surface area contributed by atoms with Crippen LogP contribution in [0.15, 0.2) is 48.5 Å². The number of thioether (sulfide) groups is 1. The van der Waals surface area contributed by atoms with Crippen LogP contribution in [-0.4, -0.2) is 50.1 Å². The molecule has 31 heavy (non-hydrogen) atoms. The number of hydrogen-bond donors (Lipinski definition) is 2. The quantitative estimate of drug-likeness (QED) is 0.611. The molecule has 0 spiro atoms. The van der Waals surface area contributed by atoms with Crippen LogP contribution in [0.5, 0.6) is 5.75 Å². The van der Waals surface area contributed by atoms with Crippen molar-refractivity contribution in [1.82, 2.24) is 5.32 Å². The van der Waals surface area contributed by atoms with E-state index in [-0.39, 0.29) is 11.8 Å². The molecule has 1 unspecified atom stereocenters. The first-order valence-corrected chi connectivity index (χ1v) is 12.1. The van der Waals surface area contributed by atoms with Gasteiger partial charge in [-0.3, -0.25) is 9.59 Å². The molecule has 0 bridgehead atoms. The van der Waals surface area contributed by atoms with E-state index in [2.05, 4.69) is 21.6 Å². The van der Waals surface area contributed by atoms with Crippen molar-refractivity contribution in [2.75, 3.05) is 42.4 Å². The molecule has 1 fully saturated rings. The highest BCUT2D eigenvalue weighted by atomic mass is 32.2. The fourth-order valence-corrected chi connectivity index (χ4v) is 4.21. The van der Waals surface area contributed by atoms with Crippen LogP contribution in [0.25, 0.3) is 0 Å². The molecule has 166 valence electrons.